The van der Waals surface area contributed by atoms with Crippen molar-refractivity contribution in [3.63, 3.8) is 0 Å². The maximum atomic E-state index is 3.56. The van der Waals surface area contributed by atoms with E-state index < -0.39 is 0 Å². The SMILES string of the molecule is C=C(C)C.C=C(C)C.CC.CC.CC. The highest BCUT2D eigenvalue weighted by atomic mass is 13.6. The Morgan fingerprint density at radius 3 is 0.500 bits per heavy atom. The lowest BCUT2D eigenvalue weighted by Gasteiger charge is -1.65. The van der Waals surface area contributed by atoms with Gasteiger partial charge in [0.1, 0.15) is 0 Å². The van der Waals surface area contributed by atoms with Gasteiger partial charge in [-0.15, -0.1) is 13.2 Å². The van der Waals surface area contributed by atoms with Crippen molar-refractivity contribution < 1.29 is 0 Å². The molecule has 0 atom stereocenters. The van der Waals surface area contributed by atoms with Crippen LogP contribution in [-0.2, 0) is 0 Å². The molecule has 0 radical (unpaired) electrons. The van der Waals surface area contributed by atoms with E-state index >= 15 is 0 Å². The van der Waals surface area contributed by atoms with Gasteiger partial charge in [0.05, 0.1) is 0 Å². The van der Waals surface area contributed by atoms with Crippen LogP contribution in [0, 0.1) is 0 Å². The van der Waals surface area contributed by atoms with Crippen molar-refractivity contribution in [3.8, 4) is 0 Å². The zero-order valence-electron chi connectivity index (χ0n) is 12.4. The van der Waals surface area contributed by atoms with Gasteiger partial charge >= 0.3 is 0 Å². The molecule has 0 rings (SSSR count). The van der Waals surface area contributed by atoms with Crippen LogP contribution in [-0.4, -0.2) is 0 Å². The molecule has 0 aliphatic heterocycles. The predicted molar refractivity (Wildman–Crippen MR) is 75.0 cm³/mol. The Morgan fingerprint density at radius 2 is 0.500 bits per heavy atom. The van der Waals surface area contributed by atoms with Crippen molar-refractivity contribution >= 4 is 0 Å². The van der Waals surface area contributed by atoms with Crippen LogP contribution in [0.2, 0.25) is 0 Å². The molecular weight excluding hydrogens is 168 g/mol. The minimum atomic E-state index is 1.17. The molecule has 0 heterocycles. The van der Waals surface area contributed by atoms with Crippen LogP contribution in [0.4, 0.5) is 0 Å². The molecule has 0 saturated carbocycles. The summed E-state index contributed by atoms with van der Waals surface area (Å²) in [5.41, 5.74) is 2.33. The highest BCUT2D eigenvalue weighted by Gasteiger charge is 1.52. The Hall–Kier alpha value is -0.520. The van der Waals surface area contributed by atoms with E-state index in [0.29, 0.717) is 0 Å². The quantitative estimate of drug-likeness (QED) is 0.408. The predicted octanol–water partition coefficient (Wildman–Crippen LogP) is 6.24. The van der Waals surface area contributed by atoms with Crippen LogP contribution in [0.25, 0.3) is 0 Å². The summed E-state index contributed by atoms with van der Waals surface area (Å²) >= 11 is 0. The lowest BCUT2D eigenvalue weighted by Crippen LogP contribution is -1.43. The van der Waals surface area contributed by atoms with Gasteiger partial charge in [-0.2, -0.15) is 0 Å². The first-order valence-electron chi connectivity index (χ1n) is 5.71. The maximum absolute atomic E-state index is 3.56. The monoisotopic (exact) mass is 202 g/mol. The zero-order chi connectivity index (χ0) is 13.2. The zero-order valence-corrected chi connectivity index (χ0v) is 12.4. The summed E-state index contributed by atoms with van der Waals surface area (Å²) in [6.45, 7) is 27.0. The largest absolute Gasteiger partial charge is 0.100 e. The highest BCUT2D eigenvalue weighted by Crippen LogP contribution is 1.74. The van der Waals surface area contributed by atoms with Crippen molar-refractivity contribution in [2.75, 3.05) is 0 Å². The number of rotatable bonds is 0. The fourth-order valence-electron chi connectivity index (χ4n) is 0. The normalized spacial score (nSPS) is 5.00. The lowest BCUT2D eigenvalue weighted by molar-refractivity contribution is 1.42. The molecule has 0 aromatic rings. The van der Waals surface area contributed by atoms with Gasteiger partial charge in [0, 0.05) is 0 Å². The number of hydrogen-bond donors (Lipinski definition) is 0. The summed E-state index contributed by atoms with van der Waals surface area (Å²) in [5.74, 6) is 0. The average molecular weight is 202 g/mol. The van der Waals surface area contributed by atoms with E-state index in [1.165, 1.54) is 11.1 Å². The van der Waals surface area contributed by atoms with E-state index in [1.54, 1.807) is 0 Å². The van der Waals surface area contributed by atoms with Crippen LogP contribution in [0.15, 0.2) is 24.3 Å². The summed E-state index contributed by atoms with van der Waals surface area (Å²) in [4.78, 5) is 0. The third-order valence-corrected chi connectivity index (χ3v) is 0. The molecule has 0 aromatic carbocycles. The van der Waals surface area contributed by atoms with Gasteiger partial charge in [0.15, 0.2) is 0 Å². The molecule has 14 heavy (non-hydrogen) atoms. The Labute approximate surface area is 94.1 Å². The molecule has 0 N–H and O–H groups in total. The first-order chi connectivity index (χ1) is 6.46. The maximum Gasteiger partial charge on any atom is -0.0445 e. The van der Waals surface area contributed by atoms with Gasteiger partial charge in [-0.1, -0.05) is 52.7 Å². The minimum Gasteiger partial charge on any atom is -0.100 e. The Morgan fingerprint density at radius 1 is 0.500 bits per heavy atom. The van der Waals surface area contributed by atoms with Crippen molar-refractivity contribution in [1.82, 2.24) is 0 Å². The fraction of sp³-hybridized carbons (Fsp3) is 0.714. The summed E-state index contributed by atoms with van der Waals surface area (Å²) in [6, 6.07) is 0. The van der Waals surface area contributed by atoms with Gasteiger partial charge in [0.2, 0.25) is 0 Å². The molecule has 0 aliphatic rings. The topological polar surface area (TPSA) is 0 Å². The number of hydrogen-bond acceptors (Lipinski definition) is 0. The second-order valence-corrected chi connectivity index (χ2v) is 2.41. The van der Waals surface area contributed by atoms with Crippen molar-refractivity contribution in [2.45, 2.75) is 69.2 Å². The second kappa shape index (κ2) is 54.8. The smallest absolute Gasteiger partial charge is 0.0445 e. The van der Waals surface area contributed by atoms with Crippen LogP contribution in [0.3, 0.4) is 0 Å². The second-order valence-electron chi connectivity index (χ2n) is 2.41. The van der Waals surface area contributed by atoms with Gasteiger partial charge in [-0.3, -0.25) is 0 Å². The molecule has 0 bridgehead atoms. The molecule has 0 aliphatic carbocycles. The van der Waals surface area contributed by atoms with E-state index in [0.717, 1.165) is 0 Å². The first kappa shape index (κ1) is 29.2. The van der Waals surface area contributed by atoms with Crippen molar-refractivity contribution in [1.29, 1.82) is 0 Å². The molecule has 0 saturated heterocycles. The summed E-state index contributed by atoms with van der Waals surface area (Å²) in [6.07, 6.45) is 0. The van der Waals surface area contributed by atoms with E-state index in [9.17, 15) is 0 Å². The van der Waals surface area contributed by atoms with Crippen LogP contribution in [0.1, 0.15) is 69.2 Å². The Balaban J connectivity index is -0.0000000255. The summed E-state index contributed by atoms with van der Waals surface area (Å²) in [5, 5.41) is 0. The molecule has 0 heteroatoms. The molecule has 0 nitrogen and oxygen atoms in total. The highest BCUT2D eigenvalue weighted by molar-refractivity contribution is 4.79. The summed E-state index contributed by atoms with van der Waals surface area (Å²) < 4.78 is 0. The molecule has 0 spiro atoms. The van der Waals surface area contributed by atoms with E-state index in [1.807, 2.05) is 69.2 Å². The molecule has 90 valence electrons. The molecule has 0 unspecified atom stereocenters. The van der Waals surface area contributed by atoms with E-state index in [4.69, 9.17) is 0 Å². The van der Waals surface area contributed by atoms with Crippen LogP contribution in [0.5, 0.6) is 0 Å². The molecule has 0 fully saturated rings. The van der Waals surface area contributed by atoms with Crippen molar-refractivity contribution in [3.05, 3.63) is 24.3 Å². The third kappa shape index (κ3) is 4660. The fourth-order valence-corrected chi connectivity index (χ4v) is 0. The van der Waals surface area contributed by atoms with Gasteiger partial charge in [-0.25, -0.2) is 0 Å². The van der Waals surface area contributed by atoms with Crippen LogP contribution >= 0.6 is 0 Å². The van der Waals surface area contributed by atoms with Gasteiger partial charge in [0.25, 0.3) is 0 Å². The van der Waals surface area contributed by atoms with E-state index in [-0.39, 0.29) is 0 Å². The Kier molecular flexibility index (Phi) is 114. The molecule has 0 amide bonds. The molecule has 0 aromatic heterocycles. The average Bonchev–Trinajstić information content (AvgIpc) is 2.12. The third-order valence-electron chi connectivity index (χ3n) is 0. The van der Waals surface area contributed by atoms with Crippen LogP contribution < -0.4 is 0 Å². The first-order valence-corrected chi connectivity index (χ1v) is 5.71. The standard InChI is InChI=1S/2C4H8.3C2H6/c2*1-4(2)3;3*1-2/h2*1H2,2-3H3;3*1-2H3. The lowest BCUT2D eigenvalue weighted by atomic mass is 10.4. The number of allylic oxidation sites excluding steroid dienone is 2. The Bertz CT molecular complexity index is 58.0. The molecular formula is C14H34. The summed E-state index contributed by atoms with van der Waals surface area (Å²) in [7, 11) is 0. The minimum absolute atomic E-state index is 1.17. The van der Waals surface area contributed by atoms with Gasteiger partial charge < -0.3 is 0 Å². The van der Waals surface area contributed by atoms with E-state index in [2.05, 4.69) is 13.2 Å². The van der Waals surface area contributed by atoms with Gasteiger partial charge in [-0.05, 0) is 27.7 Å². The van der Waals surface area contributed by atoms with Crippen molar-refractivity contribution in [2.24, 2.45) is 0 Å².